The zero-order valence-electron chi connectivity index (χ0n) is 10.9. The van der Waals surface area contributed by atoms with Crippen LogP contribution in [-0.4, -0.2) is 22.4 Å². The van der Waals surface area contributed by atoms with Crippen molar-refractivity contribution in [3.8, 4) is 5.69 Å². The van der Waals surface area contributed by atoms with E-state index in [1.807, 2.05) is 31.2 Å². The van der Waals surface area contributed by atoms with Crippen molar-refractivity contribution in [2.24, 2.45) is 0 Å². The number of halogens is 1. The number of nitrogens with zero attached hydrogens (tertiary/aromatic N) is 2. The first-order valence-corrected chi connectivity index (χ1v) is 6.97. The highest BCUT2D eigenvalue weighted by molar-refractivity contribution is 9.10. The van der Waals surface area contributed by atoms with E-state index in [0.717, 1.165) is 15.9 Å². The molecule has 0 aliphatic carbocycles. The molecule has 0 aliphatic rings. The number of hydrogen-bond acceptors (Lipinski definition) is 3. The molecule has 0 N–H and O–H groups in total. The van der Waals surface area contributed by atoms with Gasteiger partial charge in [-0.3, -0.25) is 0 Å². The van der Waals surface area contributed by atoms with E-state index in [1.165, 1.54) is 0 Å². The highest BCUT2D eigenvalue weighted by atomic mass is 79.9. The molecule has 2 aromatic rings. The van der Waals surface area contributed by atoms with Gasteiger partial charge in [0.25, 0.3) is 0 Å². The number of carbonyl (C=O) groups excluding carboxylic acids is 1. The van der Waals surface area contributed by atoms with E-state index in [4.69, 9.17) is 4.74 Å². The molecule has 2 rings (SSSR count). The normalized spacial score (nSPS) is 10.5. The van der Waals surface area contributed by atoms with E-state index in [9.17, 15) is 4.79 Å². The number of ether oxygens (including phenoxy) is 1. The summed E-state index contributed by atoms with van der Waals surface area (Å²) in [6, 6.07) is 7.77. The number of benzene rings is 1. The molecule has 19 heavy (non-hydrogen) atoms. The van der Waals surface area contributed by atoms with Gasteiger partial charge >= 0.3 is 5.97 Å². The van der Waals surface area contributed by atoms with E-state index >= 15 is 0 Å². The van der Waals surface area contributed by atoms with E-state index in [1.54, 1.807) is 17.8 Å². The number of esters is 1. The van der Waals surface area contributed by atoms with Crippen molar-refractivity contribution in [3.63, 3.8) is 0 Å². The molecule has 0 fully saturated rings. The summed E-state index contributed by atoms with van der Waals surface area (Å²) in [5.41, 5.74) is 2.29. The predicted octanol–water partition coefficient (Wildman–Crippen LogP) is 3.37. The van der Waals surface area contributed by atoms with Gasteiger partial charge in [-0.15, -0.1) is 0 Å². The largest absolute Gasteiger partial charge is 0.462 e. The van der Waals surface area contributed by atoms with Crippen LogP contribution in [0.15, 0.2) is 34.9 Å². The summed E-state index contributed by atoms with van der Waals surface area (Å²) < 4.78 is 7.75. The predicted molar refractivity (Wildman–Crippen MR) is 76.6 cm³/mol. The fourth-order valence-corrected chi connectivity index (χ4v) is 2.38. The van der Waals surface area contributed by atoms with Crippen molar-refractivity contribution >= 4 is 21.9 Å². The zero-order chi connectivity index (χ0) is 13.8. The van der Waals surface area contributed by atoms with Crippen LogP contribution < -0.4 is 0 Å². The molecular formula is C14H15BrN2O2. The lowest BCUT2D eigenvalue weighted by atomic mass is 10.2. The zero-order valence-corrected chi connectivity index (χ0v) is 12.5. The van der Waals surface area contributed by atoms with E-state index in [0.29, 0.717) is 18.6 Å². The minimum Gasteiger partial charge on any atom is -0.462 e. The van der Waals surface area contributed by atoms with Gasteiger partial charge in [-0.2, -0.15) is 5.10 Å². The van der Waals surface area contributed by atoms with E-state index in [2.05, 4.69) is 21.0 Å². The Morgan fingerprint density at radius 3 is 2.74 bits per heavy atom. The highest BCUT2D eigenvalue weighted by Crippen LogP contribution is 2.23. The molecule has 0 atom stereocenters. The van der Waals surface area contributed by atoms with E-state index < -0.39 is 0 Å². The minimum atomic E-state index is -0.322. The quantitative estimate of drug-likeness (QED) is 0.810. The molecule has 0 unspecified atom stereocenters. The molecular weight excluding hydrogens is 308 g/mol. The number of rotatable bonds is 4. The van der Waals surface area contributed by atoms with Crippen LogP contribution >= 0.6 is 15.9 Å². The number of carbonyl (C=O) groups is 1. The fraction of sp³-hybridized carbons (Fsp3) is 0.286. The Hall–Kier alpha value is -1.62. The van der Waals surface area contributed by atoms with Crippen molar-refractivity contribution in [3.05, 3.63) is 46.2 Å². The Labute approximate surface area is 120 Å². The molecule has 1 aromatic heterocycles. The molecule has 0 bridgehead atoms. The first-order valence-electron chi connectivity index (χ1n) is 6.18. The van der Waals surface area contributed by atoms with Crippen molar-refractivity contribution in [2.75, 3.05) is 6.61 Å². The maximum atomic E-state index is 11.9. The molecule has 0 amide bonds. The Balaban J connectivity index is 2.49. The lowest BCUT2D eigenvalue weighted by Gasteiger charge is -2.09. The summed E-state index contributed by atoms with van der Waals surface area (Å²) in [7, 11) is 0. The smallest absolute Gasteiger partial charge is 0.341 e. The first-order chi connectivity index (χ1) is 9.19. The molecule has 0 saturated carbocycles. The summed E-state index contributed by atoms with van der Waals surface area (Å²) in [5.74, 6) is -0.322. The van der Waals surface area contributed by atoms with Gasteiger partial charge in [0.05, 0.1) is 24.2 Å². The molecule has 1 heterocycles. The Morgan fingerprint density at radius 1 is 1.37 bits per heavy atom. The average molecular weight is 323 g/mol. The lowest BCUT2D eigenvalue weighted by molar-refractivity contribution is 0.0525. The molecule has 1 aromatic carbocycles. The minimum absolute atomic E-state index is 0.322. The van der Waals surface area contributed by atoms with Crippen LogP contribution in [0.4, 0.5) is 0 Å². The average Bonchev–Trinajstić information content (AvgIpc) is 2.83. The van der Waals surface area contributed by atoms with Crippen LogP contribution in [-0.2, 0) is 11.2 Å². The van der Waals surface area contributed by atoms with Crippen molar-refractivity contribution in [2.45, 2.75) is 20.3 Å². The third-order valence-corrected chi connectivity index (χ3v) is 3.45. The molecule has 0 aliphatic heterocycles. The maximum Gasteiger partial charge on any atom is 0.341 e. The van der Waals surface area contributed by atoms with Gasteiger partial charge in [0.15, 0.2) is 0 Å². The number of para-hydroxylation sites is 1. The molecule has 0 radical (unpaired) electrons. The summed E-state index contributed by atoms with van der Waals surface area (Å²) in [6.45, 7) is 4.15. The Bertz CT molecular complexity index is 593. The van der Waals surface area contributed by atoms with Gasteiger partial charge in [0.1, 0.15) is 5.56 Å². The molecule has 0 spiro atoms. The van der Waals surface area contributed by atoms with Gasteiger partial charge in [-0.1, -0.05) is 19.1 Å². The SMILES string of the molecule is CCOC(=O)c1cnn(-c2ccccc2Br)c1CC. The van der Waals surface area contributed by atoms with Crippen molar-refractivity contribution in [1.82, 2.24) is 9.78 Å². The van der Waals surface area contributed by atoms with Crippen molar-refractivity contribution in [1.29, 1.82) is 0 Å². The standard InChI is InChI=1S/C14H15BrN2O2/c1-3-12-10(14(18)19-4-2)9-16-17(12)13-8-6-5-7-11(13)15/h5-9H,3-4H2,1-2H3. The second-order valence-corrected chi connectivity index (χ2v) is 4.80. The van der Waals surface area contributed by atoms with Gasteiger partial charge in [-0.25, -0.2) is 9.48 Å². The second-order valence-electron chi connectivity index (χ2n) is 3.94. The molecule has 0 saturated heterocycles. The third kappa shape index (κ3) is 2.71. The van der Waals surface area contributed by atoms with Crippen LogP contribution in [0.2, 0.25) is 0 Å². The highest BCUT2D eigenvalue weighted by Gasteiger charge is 2.18. The fourth-order valence-electron chi connectivity index (χ4n) is 1.92. The molecule has 5 heteroatoms. The molecule has 4 nitrogen and oxygen atoms in total. The monoisotopic (exact) mass is 322 g/mol. The first kappa shape index (κ1) is 13.8. The summed E-state index contributed by atoms with van der Waals surface area (Å²) in [4.78, 5) is 11.9. The van der Waals surface area contributed by atoms with Crippen molar-refractivity contribution < 1.29 is 9.53 Å². The maximum absolute atomic E-state index is 11.9. The second kappa shape index (κ2) is 6.02. The summed E-state index contributed by atoms with van der Waals surface area (Å²) in [5, 5.41) is 4.31. The van der Waals surface area contributed by atoms with Gasteiger partial charge in [0, 0.05) is 4.47 Å². The van der Waals surface area contributed by atoms with Crippen LogP contribution in [0.25, 0.3) is 5.69 Å². The van der Waals surface area contributed by atoms with Gasteiger partial charge < -0.3 is 4.74 Å². The van der Waals surface area contributed by atoms with E-state index in [-0.39, 0.29) is 5.97 Å². The number of aromatic nitrogens is 2. The number of hydrogen-bond donors (Lipinski definition) is 0. The van der Waals surface area contributed by atoms with Crippen LogP contribution in [0.1, 0.15) is 29.9 Å². The summed E-state index contributed by atoms with van der Waals surface area (Å²) >= 11 is 3.50. The lowest BCUT2D eigenvalue weighted by Crippen LogP contribution is -2.09. The summed E-state index contributed by atoms with van der Waals surface area (Å²) in [6.07, 6.45) is 2.27. The van der Waals surface area contributed by atoms with Gasteiger partial charge in [0.2, 0.25) is 0 Å². The Morgan fingerprint density at radius 2 is 2.11 bits per heavy atom. The van der Waals surface area contributed by atoms with Crippen LogP contribution in [0.5, 0.6) is 0 Å². The van der Waals surface area contributed by atoms with Gasteiger partial charge in [-0.05, 0) is 41.4 Å². The topological polar surface area (TPSA) is 44.1 Å². The van der Waals surface area contributed by atoms with Crippen LogP contribution in [0, 0.1) is 0 Å². The molecule has 100 valence electrons. The Kier molecular flexibility index (Phi) is 4.37. The third-order valence-electron chi connectivity index (χ3n) is 2.78. The van der Waals surface area contributed by atoms with Crippen LogP contribution in [0.3, 0.4) is 0 Å².